The summed E-state index contributed by atoms with van der Waals surface area (Å²) in [6, 6.07) is 0. The zero-order valence-corrected chi connectivity index (χ0v) is 43.9. The Hall–Kier alpha value is -3.41. The summed E-state index contributed by atoms with van der Waals surface area (Å²) in [6.45, 7) is 6.54. The minimum absolute atomic E-state index is 0.0946. The van der Waals surface area contributed by atoms with Crippen molar-refractivity contribution in [3.8, 4) is 0 Å². The second-order valence-corrected chi connectivity index (χ2v) is 18.5. The molecule has 0 radical (unpaired) electrons. The van der Waals surface area contributed by atoms with E-state index in [0.29, 0.717) is 19.3 Å². The molecule has 0 aliphatic carbocycles. The SMILES string of the molecule is CCCCC/C=C\C/C=C\C/C=C\C/C=C\CCCCCC(=O)OC[C@@H](COC(=O)CCCCCCC/C=C\CCCCCC)OC(=O)CCCCCCCCC/C=C\C/C=C\CCCCC. The van der Waals surface area contributed by atoms with Crippen LogP contribution < -0.4 is 0 Å². The molecule has 0 aliphatic heterocycles. The summed E-state index contributed by atoms with van der Waals surface area (Å²) in [4.78, 5) is 38.1. The van der Waals surface area contributed by atoms with E-state index in [0.717, 1.165) is 103 Å². The Morgan fingerprint density at radius 3 is 0.896 bits per heavy atom. The van der Waals surface area contributed by atoms with Crippen LogP contribution in [0, 0.1) is 0 Å². The van der Waals surface area contributed by atoms with Crippen molar-refractivity contribution in [2.45, 2.75) is 271 Å². The number of allylic oxidation sites excluding steroid dienone is 14. The molecule has 0 rings (SSSR count). The third kappa shape index (κ3) is 53.4. The molecule has 1 atom stereocenters. The van der Waals surface area contributed by atoms with Crippen LogP contribution in [0.3, 0.4) is 0 Å². The molecule has 67 heavy (non-hydrogen) atoms. The summed E-state index contributed by atoms with van der Waals surface area (Å²) in [7, 11) is 0. The van der Waals surface area contributed by atoms with Gasteiger partial charge in [0.15, 0.2) is 6.10 Å². The lowest BCUT2D eigenvalue weighted by molar-refractivity contribution is -0.167. The number of esters is 3. The Morgan fingerprint density at radius 1 is 0.299 bits per heavy atom. The minimum Gasteiger partial charge on any atom is -0.462 e. The maximum Gasteiger partial charge on any atom is 0.306 e. The van der Waals surface area contributed by atoms with E-state index in [9.17, 15) is 14.4 Å². The quantitative estimate of drug-likeness (QED) is 0.0262. The van der Waals surface area contributed by atoms with Gasteiger partial charge in [0.2, 0.25) is 0 Å². The number of carbonyl (C=O) groups excluding carboxylic acids is 3. The van der Waals surface area contributed by atoms with Crippen LogP contribution in [0.2, 0.25) is 0 Å². The third-order valence-electron chi connectivity index (χ3n) is 11.8. The predicted octanol–water partition coefficient (Wildman–Crippen LogP) is 18.8. The highest BCUT2D eigenvalue weighted by Gasteiger charge is 2.19. The number of rotatable bonds is 50. The number of unbranched alkanes of at least 4 members (excludes halogenated alkanes) is 25. The van der Waals surface area contributed by atoms with Crippen LogP contribution in [0.25, 0.3) is 0 Å². The summed E-state index contributed by atoms with van der Waals surface area (Å²) in [5.74, 6) is -0.939. The molecule has 0 aliphatic rings. The van der Waals surface area contributed by atoms with Gasteiger partial charge in [-0.3, -0.25) is 14.4 Å². The summed E-state index contributed by atoms with van der Waals surface area (Å²) in [5, 5.41) is 0. The Kier molecular flexibility index (Phi) is 52.4. The van der Waals surface area contributed by atoms with Crippen LogP contribution in [0.5, 0.6) is 0 Å². The van der Waals surface area contributed by atoms with Crippen molar-refractivity contribution < 1.29 is 28.6 Å². The summed E-state index contributed by atoms with van der Waals surface area (Å²) in [6.07, 6.45) is 71.3. The minimum atomic E-state index is -0.798. The van der Waals surface area contributed by atoms with Crippen molar-refractivity contribution in [3.63, 3.8) is 0 Å². The molecule has 0 aromatic heterocycles. The first-order chi connectivity index (χ1) is 33.0. The van der Waals surface area contributed by atoms with E-state index in [4.69, 9.17) is 14.2 Å². The molecule has 6 heteroatoms. The van der Waals surface area contributed by atoms with E-state index < -0.39 is 6.10 Å². The molecule has 0 aromatic rings. The Balaban J connectivity index is 4.46. The first-order valence-electron chi connectivity index (χ1n) is 28.1. The van der Waals surface area contributed by atoms with Gasteiger partial charge in [-0.25, -0.2) is 0 Å². The lowest BCUT2D eigenvalue weighted by Gasteiger charge is -2.18. The molecule has 0 heterocycles. The molecule has 6 nitrogen and oxygen atoms in total. The van der Waals surface area contributed by atoms with Crippen LogP contribution in [0.15, 0.2) is 85.1 Å². The average Bonchev–Trinajstić information content (AvgIpc) is 3.33. The van der Waals surface area contributed by atoms with Crippen molar-refractivity contribution in [3.05, 3.63) is 85.1 Å². The van der Waals surface area contributed by atoms with E-state index in [1.54, 1.807) is 0 Å². The molecule has 0 saturated heterocycles. The van der Waals surface area contributed by atoms with Gasteiger partial charge >= 0.3 is 17.9 Å². The van der Waals surface area contributed by atoms with E-state index in [1.165, 1.54) is 122 Å². The first-order valence-corrected chi connectivity index (χ1v) is 28.1. The normalized spacial score (nSPS) is 12.7. The summed E-state index contributed by atoms with van der Waals surface area (Å²) >= 11 is 0. The fraction of sp³-hybridized carbons (Fsp3) is 0.721. The molecule has 384 valence electrons. The number of hydrogen-bond donors (Lipinski definition) is 0. The van der Waals surface area contributed by atoms with Crippen LogP contribution in [0.1, 0.15) is 265 Å². The second-order valence-electron chi connectivity index (χ2n) is 18.5. The largest absolute Gasteiger partial charge is 0.462 e. The molecule has 0 bridgehead atoms. The molecule has 0 spiro atoms. The van der Waals surface area contributed by atoms with Crippen LogP contribution in [-0.4, -0.2) is 37.2 Å². The third-order valence-corrected chi connectivity index (χ3v) is 11.8. The smallest absolute Gasteiger partial charge is 0.306 e. The van der Waals surface area contributed by atoms with Gasteiger partial charge in [-0.1, -0.05) is 209 Å². The van der Waals surface area contributed by atoms with Crippen molar-refractivity contribution in [1.82, 2.24) is 0 Å². The van der Waals surface area contributed by atoms with E-state index in [-0.39, 0.29) is 31.1 Å². The number of ether oxygens (including phenoxy) is 3. The highest BCUT2D eigenvalue weighted by molar-refractivity contribution is 5.71. The Morgan fingerprint density at radius 2 is 0.537 bits per heavy atom. The second kappa shape index (κ2) is 55.2. The average molecular weight is 933 g/mol. The monoisotopic (exact) mass is 933 g/mol. The van der Waals surface area contributed by atoms with Gasteiger partial charge in [-0.2, -0.15) is 0 Å². The maximum atomic E-state index is 12.8. The number of hydrogen-bond acceptors (Lipinski definition) is 6. The van der Waals surface area contributed by atoms with Crippen molar-refractivity contribution in [1.29, 1.82) is 0 Å². The van der Waals surface area contributed by atoms with Gasteiger partial charge in [0.25, 0.3) is 0 Å². The van der Waals surface area contributed by atoms with Gasteiger partial charge in [0, 0.05) is 19.3 Å². The molecule has 0 fully saturated rings. The van der Waals surface area contributed by atoms with Gasteiger partial charge in [-0.15, -0.1) is 0 Å². The molecule has 0 N–H and O–H groups in total. The fourth-order valence-electron chi connectivity index (χ4n) is 7.57. The molecular weight excluding hydrogens is 829 g/mol. The van der Waals surface area contributed by atoms with Crippen molar-refractivity contribution in [2.24, 2.45) is 0 Å². The van der Waals surface area contributed by atoms with Gasteiger partial charge in [-0.05, 0) is 122 Å². The lowest BCUT2D eigenvalue weighted by Crippen LogP contribution is -2.30. The Bertz CT molecular complexity index is 1300. The standard InChI is InChI=1S/C61H104O6/c1-4-7-10-13-16-19-22-25-27-29-30-32-33-36-39-42-45-48-51-54-60(63)66-57-58(56-65-59(62)53-50-47-44-41-38-35-24-21-18-15-12-9-6-3)67-61(64)55-52-49-46-43-40-37-34-31-28-26-23-20-17-14-11-8-5-2/h16-17,19-21,24-28,30,32,36,39,58H,4-15,18,22-23,29,31,33-35,37-38,40-57H2,1-3H3/b19-16-,20-17-,24-21-,27-25-,28-26-,32-30-,39-36-/t58-/m1/s1. The zero-order chi connectivity index (χ0) is 48.6. The molecule has 0 saturated carbocycles. The van der Waals surface area contributed by atoms with E-state index in [1.807, 2.05) is 0 Å². The predicted molar refractivity (Wildman–Crippen MR) is 288 cm³/mol. The molecule has 0 aromatic carbocycles. The molecule has 0 amide bonds. The lowest BCUT2D eigenvalue weighted by atomic mass is 10.1. The van der Waals surface area contributed by atoms with Gasteiger partial charge < -0.3 is 14.2 Å². The van der Waals surface area contributed by atoms with E-state index in [2.05, 4.69) is 106 Å². The summed E-state index contributed by atoms with van der Waals surface area (Å²) in [5.41, 5.74) is 0. The zero-order valence-electron chi connectivity index (χ0n) is 43.9. The van der Waals surface area contributed by atoms with Crippen molar-refractivity contribution >= 4 is 17.9 Å². The Labute approximate surface area is 414 Å². The van der Waals surface area contributed by atoms with Gasteiger partial charge in [0.1, 0.15) is 13.2 Å². The van der Waals surface area contributed by atoms with Crippen LogP contribution in [-0.2, 0) is 28.6 Å². The maximum absolute atomic E-state index is 12.8. The highest BCUT2D eigenvalue weighted by Crippen LogP contribution is 2.14. The number of carbonyl (C=O) groups is 3. The fourth-order valence-corrected chi connectivity index (χ4v) is 7.57. The van der Waals surface area contributed by atoms with Crippen LogP contribution in [0.4, 0.5) is 0 Å². The summed E-state index contributed by atoms with van der Waals surface area (Å²) < 4.78 is 16.8. The van der Waals surface area contributed by atoms with Crippen LogP contribution >= 0.6 is 0 Å². The van der Waals surface area contributed by atoms with E-state index >= 15 is 0 Å². The topological polar surface area (TPSA) is 78.9 Å². The van der Waals surface area contributed by atoms with Gasteiger partial charge in [0.05, 0.1) is 0 Å². The molecular formula is C61H104O6. The first kappa shape index (κ1) is 63.6. The van der Waals surface area contributed by atoms with Crippen molar-refractivity contribution in [2.75, 3.05) is 13.2 Å². The highest BCUT2D eigenvalue weighted by atomic mass is 16.6. The molecule has 0 unspecified atom stereocenters.